The molecule has 0 aromatic carbocycles. The number of nitrogens with one attached hydrogen (secondary N) is 2. The fraction of sp³-hybridized carbons (Fsp3) is 0.909. The van der Waals surface area contributed by atoms with Crippen LogP contribution in [0.3, 0.4) is 0 Å². The van der Waals surface area contributed by atoms with Crippen LogP contribution in [0.2, 0.25) is 0 Å². The zero-order valence-corrected chi connectivity index (χ0v) is 9.88. The first kappa shape index (κ1) is 12.3. The van der Waals surface area contributed by atoms with Gasteiger partial charge < -0.3 is 15.4 Å². The fourth-order valence-corrected chi connectivity index (χ4v) is 1.84. The highest BCUT2D eigenvalue weighted by atomic mass is 16.6. The zero-order chi connectivity index (χ0) is 11.3. The third kappa shape index (κ3) is 4.51. The average molecular weight is 214 g/mol. The van der Waals surface area contributed by atoms with Gasteiger partial charge >= 0.3 is 6.09 Å². The number of rotatable bonds is 3. The van der Waals surface area contributed by atoms with Gasteiger partial charge in [-0.1, -0.05) is 6.92 Å². The summed E-state index contributed by atoms with van der Waals surface area (Å²) in [5.74, 6) is 1.20. The van der Waals surface area contributed by atoms with E-state index in [1.807, 2.05) is 13.8 Å². The summed E-state index contributed by atoms with van der Waals surface area (Å²) >= 11 is 0. The van der Waals surface area contributed by atoms with E-state index < -0.39 is 0 Å². The molecule has 1 aliphatic heterocycles. The maximum atomic E-state index is 11.3. The van der Waals surface area contributed by atoms with E-state index in [-0.39, 0.29) is 12.2 Å². The summed E-state index contributed by atoms with van der Waals surface area (Å²) < 4.78 is 5.01. The van der Waals surface area contributed by atoms with Crippen LogP contribution in [0.4, 0.5) is 4.79 Å². The van der Waals surface area contributed by atoms with Crippen LogP contribution in [0.5, 0.6) is 0 Å². The van der Waals surface area contributed by atoms with Gasteiger partial charge in [-0.25, -0.2) is 4.79 Å². The monoisotopic (exact) mass is 214 g/mol. The first-order valence-corrected chi connectivity index (χ1v) is 5.74. The molecule has 88 valence electrons. The van der Waals surface area contributed by atoms with Crippen molar-refractivity contribution in [3.05, 3.63) is 0 Å². The molecule has 0 aromatic heterocycles. The summed E-state index contributed by atoms with van der Waals surface area (Å²) in [5, 5.41) is 6.17. The Balaban J connectivity index is 2.20. The zero-order valence-electron chi connectivity index (χ0n) is 9.88. The Morgan fingerprint density at radius 3 is 2.93 bits per heavy atom. The maximum absolute atomic E-state index is 11.3. The van der Waals surface area contributed by atoms with Gasteiger partial charge in [0.25, 0.3) is 0 Å². The van der Waals surface area contributed by atoms with Crippen LogP contribution in [0.25, 0.3) is 0 Å². The minimum absolute atomic E-state index is 0.0459. The van der Waals surface area contributed by atoms with E-state index in [4.69, 9.17) is 4.74 Å². The van der Waals surface area contributed by atoms with Crippen molar-refractivity contribution in [1.29, 1.82) is 0 Å². The Hall–Kier alpha value is -0.770. The van der Waals surface area contributed by atoms with Crippen molar-refractivity contribution >= 4 is 6.09 Å². The first-order chi connectivity index (χ1) is 7.09. The number of carbonyl (C=O) groups is 1. The van der Waals surface area contributed by atoms with Gasteiger partial charge in [0.1, 0.15) is 0 Å². The molecule has 0 saturated carbocycles. The number of piperidine rings is 1. The standard InChI is InChI=1S/C11H22N2O2/c1-8(2)15-11(14)13-7-10-4-5-12-6-9(10)3/h8-10,12H,4-7H2,1-3H3,(H,13,14). The van der Waals surface area contributed by atoms with Crippen LogP contribution in [0.1, 0.15) is 27.2 Å². The van der Waals surface area contributed by atoms with Crippen LogP contribution >= 0.6 is 0 Å². The number of alkyl carbamates (subject to hydrolysis) is 1. The van der Waals surface area contributed by atoms with Gasteiger partial charge in [0.2, 0.25) is 0 Å². The number of hydrogen-bond donors (Lipinski definition) is 2. The van der Waals surface area contributed by atoms with Gasteiger partial charge in [-0.3, -0.25) is 0 Å². The number of ether oxygens (including phenoxy) is 1. The lowest BCUT2D eigenvalue weighted by molar-refractivity contribution is 0.112. The molecule has 0 aromatic rings. The molecule has 1 amide bonds. The summed E-state index contributed by atoms with van der Waals surface area (Å²) in [6.45, 7) is 8.75. The van der Waals surface area contributed by atoms with Gasteiger partial charge in [-0.05, 0) is 45.2 Å². The molecule has 2 unspecified atom stereocenters. The molecule has 0 spiro atoms. The van der Waals surface area contributed by atoms with E-state index in [1.54, 1.807) is 0 Å². The second-order valence-corrected chi connectivity index (χ2v) is 4.57. The highest BCUT2D eigenvalue weighted by molar-refractivity contribution is 5.67. The largest absolute Gasteiger partial charge is 0.447 e. The molecule has 4 nitrogen and oxygen atoms in total. The fourth-order valence-electron chi connectivity index (χ4n) is 1.84. The van der Waals surface area contributed by atoms with Crippen LogP contribution < -0.4 is 10.6 Å². The van der Waals surface area contributed by atoms with E-state index >= 15 is 0 Å². The van der Waals surface area contributed by atoms with E-state index in [0.29, 0.717) is 11.8 Å². The Kier molecular flexibility index (Phi) is 4.88. The lowest BCUT2D eigenvalue weighted by atomic mass is 9.88. The Morgan fingerprint density at radius 1 is 1.60 bits per heavy atom. The molecule has 1 saturated heterocycles. The Morgan fingerprint density at radius 2 is 2.33 bits per heavy atom. The average Bonchev–Trinajstić information content (AvgIpc) is 2.15. The quantitative estimate of drug-likeness (QED) is 0.746. The van der Waals surface area contributed by atoms with Crippen molar-refractivity contribution in [2.45, 2.75) is 33.3 Å². The van der Waals surface area contributed by atoms with E-state index in [1.165, 1.54) is 0 Å². The predicted molar refractivity (Wildman–Crippen MR) is 59.8 cm³/mol. The van der Waals surface area contributed by atoms with Gasteiger partial charge in [-0.15, -0.1) is 0 Å². The smallest absolute Gasteiger partial charge is 0.407 e. The van der Waals surface area contributed by atoms with E-state index in [9.17, 15) is 4.79 Å². The molecular formula is C11H22N2O2. The van der Waals surface area contributed by atoms with Crippen LogP contribution in [0.15, 0.2) is 0 Å². The number of carbonyl (C=O) groups excluding carboxylic acids is 1. The van der Waals surface area contributed by atoms with Gasteiger partial charge in [-0.2, -0.15) is 0 Å². The minimum Gasteiger partial charge on any atom is -0.447 e. The number of amides is 1. The third-order valence-electron chi connectivity index (χ3n) is 2.81. The highest BCUT2D eigenvalue weighted by Crippen LogP contribution is 2.17. The van der Waals surface area contributed by atoms with Gasteiger partial charge in [0.15, 0.2) is 0 Å². The van der Waals surface area contributed by atoms with E-state index in [2.05, 4.69) is 17.6 Å². The highest BCUT2D eigenvalue weighted by Gasteiger charge is 2.21. The minimum atomic E-state index is -0.296. The predicted octanol–water partition coefficient (Wildman–Crippen LogP) is 1.37. The summed E-state index contributed by atoms with van der Waals surface area (Å²) in [6, 6.07) is 0. The Bertz CT molecular complexity index is 207. The molecule has 0 aliphatic carbocycles. The molecule has 15 heavy (non-hydrogen) atoms. The lowest BCUT2D eigenvalue weighted by Gasteiger charge is -2.29. The molecule has 4 heteroatoms. The molecule has 1 aliphatic rings. The molecule has 1 heterocycles. The first-order valence-electron chi connectivity index (χ1n) is 5.74. The second kappa shape index (κ2) is 5.95. The van der Waals surface area contributed by atoms with Crippen molar-refractivity contribution in [1.82, 2.24) is 10.6 Å². The van der Waals surface area contributed by atoms with Crippen molar-refractivity contribution in [3.8, 4) is 0 Å². The van der Waals surface area contributed by atoms with Crippen molar-refractivity contribution in [2.24, 2.45) is 11.8 Å². The molecule has 0 bridgehead atoms. The molecule has 0 radical (unpaired) electrons. The summed E-state index contributed by atoms with van der Waals surface area (Å²) in [5.41, 5.74) is 0. The third-order valence-corrected chi connectivity index (χ3v) is 2.81. The number of hydrogen-bond acceptors (Lipinski definition) is 3. The van der Waals surface area contributed by atoms with Crippen molar-refractivity contribution < 1.29 is 9.53 Å². The van der Waals surface area contributed by atoms with Gasteiger partial charge in [0, 0.05) is 6.54 Å². The van der Waals surface area contributed by atoms with Gasteiger partial charge in [0.05, 0.1) is 6.10 Å². The summed E-state index contributed by atoms with van der Waals surface area (Å²) in [7, 11) is 0. The van der Waals surface area contributed by atoms with Crippen LogP contribution in [-0.2, 0) is 4.74 Å². The molecule has 2 N–H and O–H groups in total. The SMILES string of the molecule is CC(C)OC(=O)NCC1CCNCC1C. The molecule has 2 atom stereocenters. The topological polar surface area (TPSA) is 50.4 Å². The summed E-state index contributed by atoms with van der Waals surface area (Å²) in [6.07, 6.45) is 0.787. The van der Waals surface area contributed by atoms with Crippen LogP contribution in [-0.4, -0.2) is 31.8 Å². The van der Waals surface area contributed by atoms with Crippen molar-refractivity contribution in [3.63, 3.8) is 0 Å². The summed E-state index contributed by atoms with van der Waals surface area (Å²) in [4.78, 5) is 11.3. The molecular weight excluding hydrogens is 192 g/mol. The Labute approximate surface area is 91.8 Å². The maximum Gasteiger partial charge on any atom is 0.407 e. The van der Waals surface area contributed by atoms with Crippen molar-refractivity contribution in [2.75, 3.05) is 19.6 Å². The molecule has 1 rings (SSSR count). The van der Waals surface area contributed by atoms with Crippen LogP contribution in [0, 0.1) is 11.8 Å². The molecule has 1 fully saturated rings. The van der Waals surface area contributed by atoms with E-state index in [0.717, 1.165) is 26.1 Å². The normalized spacial score (nSPS) is 26.4. The second-order valence-electron chi connectivity index (χ2n) is 4.57. The lowest BCUT2D eigenvalue weighted by Crippen LogP contribution is -2.41.